The third kappa shape index (κ3) is 3.08. The van der Waals surface area contributed by atoms with Crippen molar-refractivity contribution in [1.29, 1.82) is 0 Å². The quantitative estimate of drug-likeness (QED) is 0.884. The van der Waals surface area contributed by atoms with Crippen molar-refractivity contribution in [2.75, 3.05) is 5.32 Å². The highest BCUT2D eigenvalue weighted by Crippen LogP contribution is 2.25. The minimum atomic E-state index is -0.104. The van der Waals surface area contributed by atoms with E-state index >= 15 is 0 Å². The van der Waals surface area contributed by atoms with Gasteiger partial charge in [0.15, 0.2) is 0 Å². The van der Waals surface area contributed by atoms with Crippen molar-refractivity contribution < 1.29 is 4.79 Å². The molecular formula is C19H20N2O. The Hall–Kier alpha value is -2.42. The van der Waals surface area contributed by atoms with Gasteiger partial charge in [-0.25, -0.2) is 0 Å². The molecule has 0 saturated heterocycles. The van der Waals surface area contributed by atoms with Crippen LogP contribution in [0.3, 0.4) is 0 Å². The summed E-state index contributed by atoms with van der Waals surface area (Å²) in [7, 11) is 0. The second kappa shape index (κ2) is 6.56. The number of benzene rings is 2. The maximum absolute atomic E-state index is 12.7. The van der Waals surface area contributed by atoms with Crippen molar-refractivity contribution in [2.45, 2.75) is 32.2 Å². The second-order valence-corrected chi connectivity index (χ2v) is 5.62. The number of nitrogens with zero attached hydrogens (tertiary/aromatic N) is 1. The van der Waals surface area contributed by atoms with Gasteiger partial charge in [0.05, 0.1) is 12.5 Å². The summed E-state index contributed by atoms with van der Waals surface area (Å²) in [6, 6.07) is 16.0. The van der Waals surface area contributed by atoms with E-state index in [4.69, 9.17) is 0 Å². The summed E-state index contributed by atoms with van der Waals surface area (Å²) in [6.07, 6.45) is 3.69. The predicted octanol–water partition coefficient (Wildman–Crippen LogP) is 4.14. The molecule has 3 heteroatoms. The lowest BCUT2D eigenvalue weighted by Gasteiger charge is -2.17. The summed E-state index contributed by atoms with van der Waals surface area (Å²) in [6.45, 7) is 2.85. The number of aliphatic imine (C=N–C) groups is 1. The van der Waals surface area contributed by atoms with Crippen LogP contribution in [0.1, 0.15) is 42.4 Å². The summed E-state index contributed by atoms with van der Waals surface area (Å²) < 4.78 is 0. The number of carbonyl (C=O) groups is 1. The molecule has 1 aliphatic rings. The highest BCUT2D eigenvalue weighted by molar-refractivity contribution is 5.97. The number of fused-ring (bicyclic) bond motifs is 1. The van der Waals surface area contributed by atoms with Crippen molar-refractivity contribution >= 4 is 17.8 Å². The zero-order chi connectivity index (χ0) is 15.4. The van der Waals surface area contributed by atoms with E-state index in [-0.39, 0.29) is 11.8 Å². The van der Waals surface area contributed by atoms with E-state index in [0.717, 1.165) is 36.2 Å². The van der Waals surface area contributed by atoms with Gasteiger partial charge >= 0.3 is 0 Å². The molecule has 1 unspecified atom stereocenters. The molecule has 0 spiro atoms. The van der Waals surface area contributed by atoms with Gasteiger partial charge in [0, 0.05) is 11.9 Å². The summed E-state index contributed by atoms with van der Waals surface area (Å²) >= 11 is 0. The molecule has 2 aromatic carbocycles. The third-order valence-electron chi connectivity index (χ3n) is 4.00. The van der Waals surface area contributed by atoms with Gasteiger partial charge in [-0.05, 0) is 35.2 Å². The topological polar surface area (TPSA) is 41.5 Å². The van der Waals surface area contributed by atoms with Crippen molar-refractivity contribution in [2.24, 2.45) is 4.99 Å². The minimum Gasteiger partial charge on any atom is -0.326 e. The third-order valence-corrected chi connectivity index (χ3v) is 4.00. The Morgan fingerprint density at radius 1 is 1.23 bits per heavy atom. The average molecular weight is 292 g/mol. The van der Waals surface area contributed by atoms with Crippen LogP contribution >= 0.6 is 0 Å². The van der Waals surface area contributed by atoms with Gasteiger partial charge in [-0.1, -0.05) is 49.7 Å². The van der Waals surface area contributed by atoms with E-state index in [1.165, 1.54) is 5.56 Å². The lowest BCUT2D eigenvalue weighted by Crippen LogP contribution is -2.21. The SMILES string of the molecule is CCCC(C(=O)Nc1ccc2c(c1)C=NC2)c1ccccc1. The lowest BCUT2D eigenvalue weighted by molar-refractivity contribution is -0.117. The molecule has 1 heterocycles. The van der Waals surface area contributed by atoms with E-state index in [9.17, 15) is 4.79 Å². The fourth-order valence-electron chi connectivity index (χ4n) is 2.83. The number of carbonyl (C=O) groups excluding carboxylic acids is 1. The van der Waals surface area contributed by atoms with Crippen LogP contribution in [0.5, 0.6) is 0 Å². The van der Waals surface area contributed by atoms with Crippen LogP contribution < -0.4 is 5.32 Å². The fraction of sp³-hybridized carbons (Fsp3) is 0.263. The first-order valence-corrected chi connectivity index (χ1v) is 7.76. The molecule has 3 nitrogen and oxygen atoms in total. The van der Waals surface area contributed by atoms with Crippen LogP contribution in [-0.4, -0.2) is 12.1 Å². The highest BCUT2D eigenvalue weighted by atomic mass is 16.1. The largest absolute Gasteiger partial charge is 0.326 e. The number of rotatable bonds is 5. The Morgan fingerprint density at radius 2 is 2.05 bits per heavy atom. The van der Waals surface area contributed by atoms with Crippen LogP contribution in [0.25, 0.3) is 0 Å². The van der Waals surface area contributed by atoms with Gasteiger partial charge in [0.1, 0.15) is 0 Å². The van der Waals surface area contributed by atoms with Crippen LogP contribution in [0.15, 0.2) is 53.5 Å². The molecule has 1 atom stereocenters. The molecule has 0 aliphatic carbocycles. The predicted molar refractivity (Wildman–Crippen MR) is 90.5 cm³/mol. The molecule has 1 N–H and O–H groups in total. The summed E-state index contributed by atoms with van der Waals surface area (Å²) in [4.78, 5) is 16.9. The number of anilines is 1. The normalized spacial score (nSPS) is 13.7. The Kier molecular flexibility index (Phi) is 4.33. The molecule has 0 saturated carbocycles. The molecule has 1 aliphatic heterocycles. The van der Waals surface area contributed by atoms with Gasteiger partial charge in [-0.3, -0.25) is 9.79 Å². The van der Waals surface area contributed by atoms with E-state index in [2.05, 4.69) is 17.2 Å². The Labute approximate surface area is 131 Å². The van der Waals surface area contributed by atoms with Crippen LogP contribution in [0.4, 0.5) is 5.69 Å². The number of amides is 1. The molecule has 0 bridgehead atoms. The van der Waals surface area contributed by atoms with Crippen LogP contribution in [0.2, 0.25) is 0 Å². The maximum atomic E-state index is 12.7. The van der Waals surface area contributed by atoms with E-state index < -0.39 is 0 Å². The van der Waals surface area contributed by atoms with E-state index in [1.807, 2.05) is 54.7 Å². The van der Waals surface area contributed by atoms with Crippen molar-refractivity contribution in [1.82, 2.24) is 0 Å². The standard InChI is InChI=1S/C19H20N2O/c1-2-6-18(14-7-4-3-5-8-14)19(22)21-17-10-9-15-12-20-13-16(15)11-17/h3-5,7-11,13,18H,2,6,12H2,1H3,(H,21,22). The van der Waals surface area contributed by atoms with Crippen LogP contribution in [0, 0.1) is 0 Å². The fourth-order valence-corrected chi connectivity index (χ4v) is 2.83. The molecule has 0 aromatic heterocycles. The first-order chi connectivity index (χ1) is 10.8. The number of nitrogens with one attached hydrogen (secondary N) is 1. The van der Waals surface area contributed by atoms with Gasteiger partial charge in [0.25, 0.3) is 0 Å². The summed E-state index contributed by atoms with van der Waals surface area (Å²) in [5.74, 6) is -0.0453. The van der Waals surface area contributed by atoms with Crippen LogP contribution in [-0.2, 0) is 11.3 Å². The van der Waals surface area contributed by atoms with Gasteiger partial charge in [-0.2, -0.15) is 0 Å². The van der Waals surface area contributed by atoms with Gasteiger partial charge < -0.3 is 5.32 Å². The molecule has 1 amide bonds. The van der Waals surface area contributed by atoms with E-state index in [1.54, 1.807) is 0 Å². The number of hydrogen-bond acceptors (Lipinski definition) is 2. The van der Waals surface area contributed by atoms with Crippen molar-refractivity contribution in [3.05, 3.63) is 65.2 Å². The molecule has 0 radical (unpaired) electrons. The molecule has 3 rings (SSSR count). The summed E-state index contributed by atoms with van der Waals surface area (Å²) in [5, 5.41) is 3.05. The lowest BCUT2D eigenvalue weighted by atomic mass is 9.93. The highest BCUT2D eigenvalue weighted by Gasteiger charge is 2.20. The zero-order valence-electron chi connectivity index (χ0n) is 12.8. The zero-order valence-corrected chi connectivity index (χ0v) is 12.8. The first-order valence-electron chi connectivity index (χ1n) is 7.76. The smallest absolute Gasteiger partial charge is 0.231 e. The molecule has 112 valence electrons. The first kappa shape index (κ1) is 14.5. The molecule has 22 heavy (non-hydrogen) atoms. The molecule has 0 fully saturated rings. The Balaban J connectivity index is 1.78. The van der Waals surface area contributed by atoms with E-state index in [0.29, 0.717) is 0 Å². The van der Waals surface area contributed by atoms with Gasteiger partial charge in [-0.15, -0.1) is 0 Å². The minimum absolute atomic E-state index is 0.0583. The second-order valence-electron chi connectivity index (χ2n) is 5.62. The van der Waals surface area contributed by atoms with Crippen molar-refractivity contribution in [3.63, 3.8) is 0 Å². The number of hydrogen-bond donors (Lipinski definition) is 1. The monoisotopic (exact) mass is 292 g/mol. The maximum Gasteiger partial charge on any atom is 0.231 e. The van der Waals surface area contributed by atoms with Gasteiger partial charge in [0.2, 0.25) is 5.91 Å². The van der Waals surface area contributed by atoms with Crippen molar-refractivity contribution in [3.8, 4) is 0 Å². The summed E-state index contributed by atoms with van der Waals surface area (Å²) in [5.41, 5.74) is 4.23. The average Bonchev–Trinajstić information content (AvgIpc) is 3.01. The Bertz CT molecular complexity index is 692. The molecular weight excluding hydrogens is 272 g/mol. The molecule has 2 aromatic rings. The Morgan fingerprint density at radius 3 is 2.82 bits per heavy atom.